The molecule has 0 radical (unpaired) electrons. The van der Waals surface area contributed by atoms with Gasteiger partial charge in [0.25, 0.3) is 0 Å². The van der Waals surface area contributed by atoms with Crippen LogP contribution >= 0.6 is 0 Å². The van der Waals surface area contributed by atoms with Crippen molar-refractivity contribution in [2.75, 3.05) is 5.73 Å². The van der Waals surface area contributed by atoms with Gasteiger partial charge in [0.15, 0.2) is 17.5 Å². The standard InChI is InChI=1S/C10H6F3NO/c11-7-6-3-4(15)1-2-5(6)8(12)10(14)9(7)13/h1-3,15H,14H2. The summed E-state index contributed by atoms with van der Waals surface area (Å²) in [5.74, 6) is -4.00. The van der Waals surface area contributed by atoms with E-state index in [1.807, 2.05) is 0 Å². The third-order valence-electron chi connectivity index (χ3n) is 2.14. The van der Waals surface area contributed by atoms with Crippen molar-refractivity contribution in [3.05, 3.63) is 35.7 Å². The number of nitrogens with two attached hydrogens (primary N) is 1. The Morgan fingerprint density at radius 2 is 1.60 bits per heavy atom. The molecule has 15 heavy (non-hydrogen) atoms. The highest BCUT2D eigenvalue weighted by Crippen LogP contribution is 2.31. The van der Waals surface area contributed by atoms with E-state index in [0.717, 1.165) is 12.1 Å². The Bertz CT molecular complexity index is 554. The Hall–Kier alpha value is -1.91. The van der Waals surface area contributed by atoms with Crippen LogP contribution in [0, 0.1) is 17.5 Å². The Kier molecular flexibility index (Phi) is 1.96. The lowest BCUT2D eigenvalue weighted by molar-refractivity contribution is 0.474. The summed E-state index contributed by atoms with van der Waals surface area (Å²) >= 11 is 0. The Morgan fingerprint density at radius 1 is 0.933 bits per heavy atom. The van der Waals surface area contributed by atoms with E-state index in [2.05, 4.69) is 0 Å². The smallest absolute Gasteiger partial charge is 0.185 e. The predicted octanol–water partition coefficient (Wildman–Crippen LogP) is 2.54. The van der Waals surface area contributed by atoms with E-state index in [-0.39, 0.29) is 16.5 Å². The maximum atomic E-state index is 13.4. The van der Waals surface area contributed by atoms with Gasteiger partial charge < -0.3 is 10.8 Å². The van der Waals surface area contributed by atoms with Gasteiger partial charge in [0.05, 0.1) is 0 Å². The number of rotatable bonds is 0. The third-order valence-corrected chi connectivity index (χ3v) is 2.14. The minimum absolute atomic E-state index is 0.163. The van der Waals surface area contributed by atoms with Crippen LogP contribution in [0.4, 0.5) is 18.9 Å². The predicted molar refractivity (Wildman–Crippen MR) is 49.9 cm³/mol. The molecule has 0 spiro atoms. The molecule has 0 amide bonds. The Labute approximate surface area is 82.7 Å². The van der Waals surface area contributed by atoms with Gasteiger partial charge in [-0.15, -0.1) is 0 Å². The highest BCUT2D eigenvalue weighted by molar-refractivity contribution is 5.88. The average Bonchev–Trinajstić information content (AvgIpc) is 2.23. The van der Waals surface area contributed by atoms with Crippen molar-refractivity contribution in [2.45, 2.75) is 0 Å². The fourth-order valence-corrected chi connectivity index (χ4v) is 1.38. The van der Waals surface area contributed by atoms with Gasteiger partial charge in [-0.25, -0.2) is 13.2 Å². The SMILES string of the molecule is Nc1c(F)c(F)c2cc(O)ccc2c1F. The molecule has 0 aliphatic rings. The highest BCUT2D eigenvalue weighted by atomic mass is 19.2. The zero-order chi connectivity index (χ0) is 11.2. The number of anilines is 1. The Balaban J connectivity index is 3.00. The quantitative estimate of drug-likeness (QED) is 0.521. The zero-order valence-corrected chi connectivity index (χ0v) is 7.39. The molecule has 2 aromatic carbocycles. The van der Waals surface area contributed by atoms with Crippen molar-refractivity contribution >= 4 is 16.5 Å². The second-order valence-corrected chi connectivity index (χ2v) is 3.09. The molecule has 0 bridgehead atoms. The summed E-state index contributed by atoms with van der Waals surface area (Å²) in [6.45, 7) is 0. The number of fused-ring (bicyclic) bond motifs is 1. The van der Waals surface area contributed by atoms with Crippen LogP contribution in [-0.4, -0.2) is 5.11 Å². The lowest BCUT2D eigenvalue weighted by Gasteiger charge is -2.06. The average molecular weight is 213 g/mol. The van der Waals surface area contributed by atoms with Crippen molar-refractivity contribution in [2.24, 2.45) is 0 Å². The van der Waals surface area contributed by atoms with E-state index in [9.17, 15) is 13.2 Å². The minimum atomic E-state index is -1.44. The number of halogens is 3. The summed E-state index contributed by atoms with van der Waals surface area (Å²) in [5.41, 5.74) is 4.18. The summed E-state index contributed by atoms with van der Waals surface area (Å²) < 4.78 is 39.7. The molecule has 0 unspecified atom stereocenters. The van der Waals surface area contributed by atoms with Crippen molar-refractivity contribution in [3.63, 3.8) is 0 Å². The van der Waals surface area contributed by atoms with Gasteiger partial charge >= 0.3 is 0 Å². The molecule has 0 saturated carbocycles. The fourth-order valence-electron chi connectivity index (χ4n) is 1.38. The number of hydrogen-bond donors (Lipinski definition) is 2. The largest absolute Gasteiger partial charge is 0.508 e. The first-order chi connectivity index (χ1) is 7.02. The van der Waals surface area contributed by atoms with Crippen LogP contribution in [0.5, 0.6) is 5.75 Å². The van der Waals surface area contributed by atoms with Crippen LogP contribution in [0.25, 0.3) is 10.8 Å². The number of nitrogen functional groups attached to an aromatic ring is 1. The number of benzene rings is 2. The van der Waals surface area contributed by atoms with Crippen LogP contribution in [0.2, 0.25) is 0 Å². The van der Waals surface area contributed by atoms with E-state index < -0.39 is 23.1 Å². The second-order valence-electron chi connectivity index (χ2n) is 3.09. The molecule has 78 valence electrons. The van der Waals surface area contributed by atoms with Gasteiger partial charge in [-0.3, -0.25) is 0 Å². The summed E-state index contributed by atoms with van der Waals surface area (Å²) in [7, 11) is 0. The maximum Gasteiger partial charge on any atom is 0.185 e. The number of hydrogen-bond acceptors (Lipinski definition) is 2. The highest BCUT2D eigenvalue weighted by Gasteiger charge is 2.17. The van der Waals surface area contributed by atoms with Crippen molar-refractivity contribution in [1.82, 2.24) is 0 Å². The third kappa shape index (κ3) is 1.27. The van der Waals surface area contributed by atoms with E-state index in [0.29, 0.717) is 0 Å². The molecule has 2 nitrogen and oxygen atoms in total. The van der Waals surface area contributed by atoms with E-state index in [1.54, 1.807) is 0 Å². The van der Waals surface area contributed by atoms with Gasteiger partial charge in [0.2, 0.25) is 0 Å². The van der Waals surface area contributed by atoms with Gasteiger partial charge in [-0.2, -0.15) is 0 Å². The fraction of sp³-hybridized carbons (Fsp3) is 0. The minimum Gasteiger partial charge on any atom is -0.508 e. The molecular formula is C10H6F3NO. The molecule has 2 rings (SSSR count). The Morgan fingerprint density at radius 3 is 2.27 bits per heavy atom. The van der Waals surface area contributed by atoms with E-state index >= 15 is 0 Å². The molecule has 0 fully saturated rings. The van der Waals surface area contributed by atoms with Crippen LogP contribution in [0.15, 0.2) is 18.2 Å². The van der Waals surface area contributed by atoms with Crippen LogP contribution in [0.3, 0.4) is 0 Å². The van der Waals surface area contributed by atoms with Crippen molar-refractivity contribution < 1.29 is 18.3 Å². The van der Waals surface area contributed by atoms with E-state index in [4.69, 9.17) is 10.8 Å². The molecule has 0 atom stereocenters. The first kappa shape index (κ1) is 9.64. The van der Waals surface area contributed by atoms with Gasteiger partial charge in [0, 0.05) is 10.8 Å². The first-order valence-corrected chi connectivity index (χ1v) is 4.07. The summed E-state index contributed by atoms with van der Waals surface area (Å²) in [6, 6.07) is 3.25. The first-order valence-electron chi connectivity index (χ1n) is 4.07. The molecule has 0 aromatic heterocycles. The molecule has 0 saturated heterocycles. The summed E-state index contributed by atoms with van der Waals surface area (Å²) in [6.07, 6.45) is 0. The van der Waals surface area contributed by atoms with Crippen molar-refractivity contribution in [3.8, 4) is 5.75 Å². The zero-order valence-electron chi connectivity index (χ0n) is 7.39. The number of phenolic OH excluding ortho intramolecular Hbond substituents is 1. The summed E-state index contributed by atoms with van der Waals surface area (Å²) in [4.78, 5) is 0. The second kappa shape index (κ2) is 3.05. The molecule has 3 N–H and O–H groups in total. The number of phenols is 1. The van der Waals surface area contributed by atoms with E-state index in [1.165, 1.54) is 6.07 Å². The molecule has 0 heterocycles. The molecule has 2 aromatic rings. The molecule has 0 aliphatic carbocycles. The van der Waals surface area contributed by atoms with Crippen LogP contribution < -0.4 is 5.73 Å². The van der Waals surface area contributed by atoms with Gasteiger partial charge in [-0.1, -0.05) is 0 Å². The monoisotopic (exact) mass is 213 g/mol. The lowest BCUT2D eigenvalue weighted by atomic mass is 10.1. The number of aromatic hydroxyl groups is 1. The van der Waals surface area contributed by atoms with Gasteiger partial charge in [0.1, 0.15) is 11.4 Å². The van der Waals surface area contributed by atoms with Crippen molar-refractivity contribution in [1.29, 1.82) is 0 Å². The topological polar surface area (TPSA) is 46.2 Å². The molecule has 0 aliphatic heterocycles. The lowest BCUT2D eigenvalue weighted by Crippen LogP contribution is -2.00. The van der Waals surface area contributed by atoms with Crippen LogP contribution in [0.1, 0.15) is 0 Å². The normalized spacial score (nSPS) is 10.9. The van der Waals surface area contributed by atoms with Crippen LogP contribution in [-0.2, 0) is 0 Å². The van der Waals surface area contributed by atoms with Gasteiger partial charge in [-0.05, 0) is 18.2 Å². The maximum absolute atomic E-state index is 13.4. The molecular weight excluding hydrogens is 207 g/mol. The molecule has 5 heteroatoms. The summed E-state index contributed by atoms with van der Waals surface area (Å²) in [5, 5.41) is 8.57.